The van der Waals surface area contributed by atoms with Gasteiger partial charge in [-0.05, 0) is 30.0 Å². The molecular weight excluding hydrogens is 346 g/mol. The smallest absolute Gasteiger partial charge is 0.254 e. The van der Waals surface area contributed by atoms with Crippen molar-refractivity contribution >= 4 is 40.0 Å². The van der Waals surface area contributed by atoms with Gasteiger partial charge in [-0.2, -0.15) is 4.98 Å². The lowest BCUT2D eigenvalue weighted by Gasteiger charge is -2.15. The maximum atomic E-state index is 11.7. The number of hydrogen-bond acceptors (Lipinski definition) is 7. The maximum Gasteiger partial charge on any atom is 0.254 e. The molecule has 2 heterocycles. The van der Waals surface area contributed by atoms with Gasteiger partial charge in [0.2, 0.25) is 11.9 Å². The van der Waals surface area contributed by atoms with Crippen molar-refractivity contribution in [2.45, 2.75) is 19.4 Å². The van der Waals surface area contributed by atoms with Crippen LogP contribution < -0.4 is 22.1 Å². The number of carbonyl (C=O) groups excluding carboxylic acids is 2. The zero-order valence-corrected chi connectivity index (χ0v) is 14.6. The number of pyridine rings is 1. The molecule has 2 aromatic heterocycles. The van der Waals surface area contributed by atoms with E-state index in [4.69, 9.17) is 11.5 Å². The van der Waals surface area contributed by atoms with Gasteiger partial charge in [-0.25, -0.2) is 4.98 Å². The Morgan fingerprint density at radius 2 is 1.96 bits per heavy atom. The molecule has 0 saturated heterocycles. The van der Waals surface area contributed by atoms with Gasteiger partial charge in [0.05, 0.1) is 0 Å². The van der Waals surface area contributed by atoms with Crippen LogP contribution in [0.1, 0.15) is 23.7 Å². The molecule has 0 fully saturated rings. The second kappa shape index (κ2) is 7.65. The van der Waals surface area contributed by atoms with Crippen LogP contribution in [0, 0.1) is 0 Å². The number of carbonyl (C=O) groups is 2. The summed E-state index contributed by atoms with van der Waals surface area (Å²) in [5.74, 6) is -0.803. The van der Waals surface area contributed by atoms with Gasteiger partial charge in [-0.3, -0.25) is 14.6 Å². The minimum absolute atomic E-state index is 0.124. The monoisotopic (exact) mass is 365 g/mol. The zero-order chi connectivity index (χ0) is 19.4. The highest BCUT2D eigenvalue weighted by Gasteiger charge is 2.17. The van der Waals surface area contributed by atoms with Crippen molar-refractivity contribution < 1.29 is 9.59 Å². The van der Waals surface area contributed by atoms with E-state index in [1.165, 1.54) is 6.20 Å². The molecule has 1 aromatic carbocycles. The third kappa shape index (κ3) is 4.09. The quantitative estimate of drug-likeness (QED) is 0.496. The van der Waals surface area contributed by atoms with Gasteiger partial charge in [0, 0.05) is 29.7 Å². The van der Waals surface area contributed by atoms with E-state index in [2.05, 4.69) is 25.6 Å². The number of nitrogens with two attached hydrogens (primary N) is 2. The fourth-order valence-corrected chi connectivity index (χ4v) is 2.56. The molecule has 2 amide bonds. The lowest BCUT2D eigenvalue weighted by molar-refractivity contribution is -0.118. The predicted molar refractivity (Wildman–Crippen MR) is 102 cm³/mol. The Morgan fingerprint density at radius 1 is 1.15 bits per heavy atom. The molecule has 0 aliphatic rings. The standard InChI is InChI=1S/C18H19N7O2/c1-2-14(16(20)27)24-18-22-9-13(15(19)26)17(25-18)23-12-4-3-10-5-6-21-8-11(10)7-12/h3-9,14H,2H2,1H3,(H2,19,26)(H2,20,27)(H2,22,23,24,25)/t14-/m1/s1. The van der Waals surface area contributed by atoms with E-state index in [1.54, 1.807) is 12.4 Å². The summed E-state index contributed by atoms with van der Waals surface area (Å²) >= 11 is 0. The van der Waals surface area contributed by atoms with Crippen molar-refractivity contribution in [2.24, 2.45) is 11.5 Å². The van der Waals surface area contributed by atoms with E-state index < -0.39 is 17.9 Å². The summed E-state index contributed by atoms with van der Waals surface area (Å²) in [4.78, 5) is 35.6. The van der Waals surface area contributed by atoms with Gasteiger partial charge in [0.15, 0.2) is 0 Å². The number of fused-ring (bicyclic) bond motifs is 1. The number of aromatic nitrogens is 3. The van der Waals surface area contributed by atoms with Gasteiger partial charge in [0.1, 0.15) is 17.4 Å². The van der Waals surface area contributed by atoms with Crippen LogP contribution in [0.5, 0.6) is 0 Å². The molecule has 27 heavy (non-hydrogen) atoms. The van der Waals surface area contributed by atoms with Crippen molar-refractivity contribution in [2.75, 3.05) is 10.6 Å². The first kappa shape index (κ1) is 18.1. The number of rotatable bonds is 7. The number of benzene rings is 1. The highest BCUT2D eigenvalue weighted by molar-refractivity contribution is 5.98. The maximum absolute atomic E-state index is 11.7. The molecule has 0 aliphatic heterocycles. The molecule has 0 unspecified atom stereocenters. The van der Waals surface area contributed by atoms with E-state index in [9.17, 15) is 9.59 Å². The van der Waals surface area contributed by atoms with Crippen LogP contribution in [0.15, 0.2) is 42.9 Å². The van der Waals surface area contributed by atoms with Crippen molar-refractivity contribution in [1.82, 2.24) is 15.0 Å². The molecule has 1 atom stereocenters. The van der Waals surface area contributed by atoms with Crippen LogP contribution in [0.3, 0.4) is 0 Å². The molecule has 138 valence electrons. The van der Waals surface area contributed by atoms with Crippen molar-refractivity contribution in [3.63, 3.8) is 0 Å². The third-order valence-electron chi connectivity index (χ3n) is 4.01. The largest absolute Gasteiger partial charge is 0.368 e. The minimum atomic E-state index is -0.673. The predicted octanol–water partition coefficient (Wildman–Crippen LogP) is 1.54. The Balaban J connectivity index is 1.94. The number of amides is 2. The number of primary amides is 2. The van der Waals surface area contributed by atoms with Gasteiger partial charge < -0.3 is 22.1 Å². The van der Waals surface area contributed by atoms with Gasteiger partial charge >= 0.3 is 0 Å². The Labute approximate surface area is 155 Å². The van der Waals surface area contributed by atoms with Crippen LogP contribution in [0.2, 0.25) is 0 Å². The fraction of sp³-hybridized carbons (Fsp3) is 0.167. The first-order valence-corrected chi connectivity index (χ1v) is 8.31. The molecule has 3 rings (SSSR count). The van der Waals surface area contributed by atoms with Crippen molar-refractivity contribution in [1.29, 1.82) is 0 Å². The number of nitrogens with one attached hydrogen (secondary N) is 2. The lowest BCUT2D eigenvalue weighted by Crippen LogP contribution is -2.35. The van der Waals surface area contributed by atoms with Gasteiger partial charge in [-0.1, -0.05) is 13.0 Å². The van der Waals surface area contributed by atoms with Gasteiger partial charge in [0.25, 0.3) is 5.91 Å². The summed E-state index contributed by atoms with van der Waals surface area (Å²) in [6.45, 7) is 1.81. The molecular formula is C18H19N7O2. The van der Waals surface area contributed by atoms with E-state index in [-0.39, 0.29) is 17.3 Å². The minimum Gasteiger partial charge on any atom is -0.368 e. The molecule has 0 aliphatic carbocycles. The van der Waals surface area contributed by atoms with Crippen molar-refractivity contribution in [3.8, 4) is 0 Å². The Kier molecular flexibility index (Phi) is 5.11. The Bertz CT molecular complexity index is 1010. The highest BCUT2D eigenvalue weighted by Crippen LogP contribution is 2.23. The normalized spacial score (nSPS) is 11.7. The van der Waals surface area contributed by atoms with E-state index in [0.29, 0.717) is 12.1 Å². The third-order valence-corrected chi connectivity index (χ3v) is 4.01. The SMILES string of the molecule is CC[C@@H](Nc1ncc(C(N)=O)c(Nc2ccc3ccncc3c2)n1)C(N)=O. The van der Waals surface area contributed by atoms with E-state index in [1.807, 2.05) is 31.2 Å². The van der Waals surface area contributed by atoms with E-state index in [0.717, 1.165) is 10.8 Å². The summed E-state index contributed by atoms with van der Waals surface area (Å²) in [5, 5.41) is 7.88. The Morgan fingerprint density at radius 3 is 2.67 bits per heavy atom. The topological polar surface area (TPSA) is 149 Å². The fourth-order valence-electron chi connectivity index (χ4n) is 2.56. The highest BCUT2D eigenvalue weighted by atomic mass is 16.1. The van der Waals surface area contributed by atoms with Crippen molar-refractivity contribution in [3.05, 3.63) is 48.4 Å². The second-order valence-electron chi connectivity index (χ2n) is 5.89. The van der Waals surface area contributed by atoms with Crippen LogP contribution in [0.25, 0.3) is 10.8 Å². The summed E-state index contributed by atoms with van der Waals surface area (Å²) in [7, 11) is 0. The number of nitrogens with zero attached hydrogens (tertiary/aromatic N) is 3. The molecule has 9 nitrogen and oxygen atoms in total. The average Bonchev–Trinajstić information content (AvgIpc) is 2.65. The van der Waals surface area contributed by atoms with Gasteiger partial charge in [-0.15, -0.1) is 0 Å². The molecule has 0 spiro atoms. The average molecular weight is 365 g/mol. The molecule has 3 aromatic rings. The zero-order valence-electron chi connectivity index (χ0n) is 14.6. The molecule has 6 N–H and O–H groups in total. The molecule has 9 heteroatoms. The number of hydrogen-bond donors (Lipinski definition) is 4. The van der Waals surface area contributed by atoms with Crippen LogP contribution in [0.4, 0.5) is 17.5 Å². The van der Waals surface area contributed by atoms with Crippen LogP contribution >= 0.6 is 0 Å². The molecule has 0 saturated carbocycles. The van der Waals surface area contributed by atoms with Crippen LogP contribution in [-0.4, -0.2) is 32.8 Å². The first-order chi connectivity index (χ1) is 13.0. The summed E-state index contributed by atoms with van der Waals surface area (Å²) < 4.78 is 0. The summed E-state index contributed by atoms with van der Waals surface area (Å²) in [6, 6.07) is 6.92. The summed E-state index contributed by atoms with van der Waals surface area (Å²) in [6.07, 6.45) is 5.22. The first-order valence-electron chi connectivity index (χ1n) is 8.31. The number of anilines is 3. The van der Waals surface area contributed by atoms with E-state index >= 15 is 0 Å². The molecule has 0 radical (unpaired) electrons. The summed E-state index contributed by atoms with van der Waals surface area (Å²) in [5.41, 5.74) is 11.6. The lowest BCUT2D eigenvalue weighted by atomic mass is 10.1. The second-order valence-corrected chi connectivity index (χ2v) is 5.89. The Hall–Kier alpha value is -3.75. The van der Waals surface area contributed by atoms with Crippen LogP contribution in [-0.2, 0) is 4.79 Å². The molecule has 0 bridgehead atoms.